The molecule has 2 aliphatic carbocycles. The maximum absolute atomic E-state index is 14.2. The van der Waals surface area contributed by atoms with Gasteiger partial charge < -0.3 is 25.0 Å². The van der Waals surface area contributed by atoms with Crippen molar-refractivity contribution < 1.29 is 13.9 Å². The van der Waals surface area contributed by atoms with Crippen LogP contribution in [0.5, 0.6) is 5.75 Å². The highest BCUT2D eigenvalue weighted by atomic mass is 19.1. The average Bonchev–Trinajstić information content (AvgIpc) is 3.12. The molecule has 0 amide bonds. The van der Waals surface area contributed by atoms with Crippen molar-refractivity contribution in [2.45, 2.75) is 82.4 Å². The summed E-state index contributed by atoms with van der Waals surface area (Å²) < 4.78 is 24.8. The van der Waals surface area contributed by atoms with Crippen molar-refractivity contribution in [2.24, 2.45) is 0 Å². The zero-order valence-electron chi connectivity index (χ0n) is 20.5. The van der Waals surface area contributed by atoms with Gasteiger partial charge in [-0.25, -0.2) is 4.39 Å². The third kappa shape index (κ3) is 6.25. The first-order valence-electron chi connectivity index (χ1n) is 12.4. The predicted molar refractivity (Wildman–Crippen MR) is 133 cm³/mol. The number of halogens is 1. The van der Waals surface area contributed by atoms with Crippen LogP contribution >= 0.6 is 0 Å². The second-order valence-corrected chi connectivity index (χ2v) is 9.37. The van der Waals surface area contributed by atoms with Gasteiger partial charge in [0.05, 0.1) is 13.2 Å². The topological polar surface area (TPSA) is 84.4 Å². The fourth-order valence-electron chi connectivity index (χ4n) is 4.95. The van der Waals surface area contributed by atoms with Crippen LogP contribution in [-0.4, -0.2) is 54.4 Å². The van der Waals surface area contributed by atoms with Crippen LogP contribution in [-0.2, 0) is 4.74 Å². The van der Waals surface area contributed by atoms with Crippen molar-refractivity contribution in [1.29, 1.82) is 0 Å². The lowest BCUT2D eigenvalue weighted by atomic mass is 9.92. The van der Waals surface area contributed by atoms with Crippen molar-refractivity contribution in [2.75, 3.05) is 36.8 Å². The summed E-state index contributed by atoms with van der Waals surface area (Å²) in [6, 6.07) is 5.41. The molecule has 2 aromatic rings. The molecule has 4 rings (SSSR count). The molecule has 2 saturated carbocycles. The Bertz CT molecular complexity index is 930. The van der Waals surface area contributed by atoms with Gasteiger partial charge in [0.25, 0.3) is 0 Å². The molecule has 0 radical (unpaired) electrons. The van der Waals surface area contributed by atoms with E-state index in [0.717, 1.165) is 38.5 Å². The van der Waals surface area contributed by atoms with E-state index in [1.165, 1.54) is 38.9 Å². The van der Waals surface area contributed by atoms with Gasteiger partial charge in [-0.3, -0.25) is 0 Å². The van der Waals surface area contributed by atoms with Crippen LogP contribution < -0.4 is 20.3 Å². The van der Waals surface area contributed by atoms with Gasteiger partial charge in [-0.05, 0) is 50.7 Å². The number of rotatable bonds is 8. The minimum Gasteiger partial charge on any atom is -0.494 e. The van der Waals surface area contributed by atoms with E-state index in [1.807, 2.05) is 7.05 Å². The second-order valence-electron chi connectivity index (χ2n) is 9.37. The molecule has 9 heteroatoms. The van der Waals surface area contributed by atoms with Crippen LogP contribution in [0.25, 0.3) is 0 Å². The quantitative estimate of drug-likeness (QED) is 0.501. The minimum atomic E-state index is -0.439. The van der Waals surface area contributed by atoms with Gasteiger partial charge in [0.1, 0.15) is 0 Å². The van der Waals surface area contributed by atoms with E-state index in [2.05, 4.69) is 20.5 Å². The molecule has 186 valence electrons. The Hall–Kier alpha value is -2.68. The molecule has 1 aromatic carbocycles. The van der Waals surface area contributed by atoms with Gasteiger partial charge >= 0.3 is 0 Å². The Balaban J connectivity index is 1.57. The maximum Gasteiger partial charge on any atom is 0.233 e. The Labute approximate surface area is 201 Å². The lowest BCUT2D eigenvalue weighted by molar-refractivity contribution is 0.0659. The van der Waals surface area contributed by atoms with Gasteiger partial charge in [-0.2, -0.15) is 15.0 Å². The molecule has 1 heterocycles. The smallest absolute Gasteiger partial charge is 0.233 e. The number of aromatic nitrogens is 3. The number of methoxy groups -OCH3 is 2. The van der Waals surface area contributed by atoms with Crippen molar-refractivity contribution >= 4 is 23.5 Å². The average molecular weight is 473 g/mol. The molecule has 34 heavy (non-hydrogen) atoms. The first kappa shape index (κ1) is 24.4. The van der Waals surface area contributed by atoms with Crippen LogP contribution in [0.2, 0.25) is 0 Å². The minimum absolute atomic E-state index is 0.198. The summed E-state index contributed by atoms with van der Waals surface area (Å²) >= 11 is 0. The second kappa shape index (κ2) is 11.6. The van der Waals surface area contributed by atoms with E-state index in [9.17, 15) is 4.39 Å². The molecule has 0 unspecified atom stereocenters. The van der Waals surface area contributed by atoms with E-state index in [-0.39, 0.29) is 5.75 Å². The summed E-state index contributed by atoms with van der Waals surface area (Å²) in [5.41, 5.74) is 0.555. The molecule has 0 aliphatic heterocycles. The Morgan fingerprint density at radius 3 is 2.26 bits per heavy atom. The SMILES string of the molecule is COc1ccc(Nc2nc(NC3CCCCCC3)nc(N(C)C3CCC(OC)CC3)n2)cc1F. The highest BCUT2D eigenvalue weighted by molar-refractivity contribution is 5.57. The van der Waals surface area contributed by atoms with Crippen LogP contribution in [0.3, 0.4) is 0 Å². The fraction of sp³-hybridized carbons (Fsp3) is 0.640. The van der Waals surface area contributed by atoms with Crippen LogP contribution in [0.4, 0.5) is 27.9 Å². The molecule has 8 nitrogen and oxygen atoms in total. The molecule has 0 saturated heterocycles. The van der Waals surface area contributed by atoms with E-state index in [0.29, 0.717) is 41.7 Å². The lowest BCUT2D eigenvalue weighted by Gasteiger charge is -2.34. The zero-order valence-corrected chi connectivity index (χ0v) is 20.5. The third-order valence-corrected chi connectivity index (χ3v) is 7.06. The number of nitrogens with zero attached hydrogens (tertiary/aromatic N) is 4. The van der Waals surface area contributed by atoms with E-state index in [1.54, 1.807) is 19.2 Å². The summed E-state index contributed by atoms with van der Waals surface area (Å²) in [5, 5.41) is 6.70. The van der Waals surface area contributed by atoms with Gasteiger partial charge in [-0.1, -0.05) is 25.7 Å². The summed E-state index contributed by atoms with van der Waals surface area (Å²) in [6.45, 7) is 0. The first-order valence-corrected chi connectivity index (χ1v) is 12.4. The van der Waals surface area contributed by atoms with Gasteiger partial charge in [0, 0.05) is 38.0 Å². The molecule has 0 spiro atoms. The van der Waals surface area contributed by atoms with E-state index >= 15 is 0 Å². The molecule has 0 atom stereocenters. The number of nitrogens with one attached hydrogen (secondary N) is 2. The highest BCUT2D eigenvalue weighted by Gasteiger charge is 2.26. The monoisotopic (exact) mass is 472 g/mol. The van der Waals surface area contributed by atoms with Crippen molar-refractivity contribution in [3.8, 4) is 5.75 Å². The van der Waals surface area contributed by atoms with Crippen molar-refractivity contribution in [3.63, 3.8) is 0 Å². The summed E-state index contributed by atoms with van der Waals surface area (Å²) in [4.78, 5) is 16.3. The number of hydrogen-bond donors (Lipinski definition) is 2. The molecule has 1 aromatic heterocycles. The van der Waals surface area contributed by atoms with Crippen LogP contribution in [0.15, 0.2) is 18.2 Å². The number of anilines is 4. The lowest BCUT2D eigenvalue weighted by Crippen LogP contribution is -2.38. The Morgan fingerprint density at radius 2 is 1.62 bits per heavy atom. The van der Waals surface area contributed by atoms with Crippen LogP contribution in [0, 0.1) is 5.82 Å². The summed E-state index contributed by atoms with van der Waals surface area (Å²) in [7, 11) is 5.27. The maximum atomic E-state index is 14.2. The standard InChI is InChI=1S/C25H37FN6O2/c1-32(19-11-13-20(33-2)14-12-19)25-30-23(27-17-8-6-4-5-7-9-17)29-24(31-25)28-18-10-15-22(34-3)21(26)16-18/h10,15-17,19-20H,4-9,11-14H2,1-3H3,(H2,27,28,29,30,31). The normalized spacial score (nSPS) is 21.5. The Morgan fingerprint density at radius 1 is 0.912 bits per heavy atom. The van der Waals surface area contributed by atoms with Crippen molar-refractivity contribution in [1.82, 2.24) is 15.0 Å². The summed E-state index contributed by atoms with van der Waals surface area (Å²) in [5.74, 6) is 1.33. The molecule has 0 bridgehead atoms. The molecule has 2 N–H and O–H groups in total. The predicted octanol–water partition coefficient (Wildman–Crippen LogP) is 5.29. The molecular formula is C25H37FN6O2. The zero-order chi connectivity index (χ0) is 23.9. The molecule has 2 fully saturated rings. The summed E-state index contributed by atoms with van der Waals surface area (Å²) in [6.07, 6.45) is 11.7. The number of hydrogen-bond acceptors (Lipinski definition) is 8. The largest absolute Gasteiger partial charge is 0.494 e. The fourth-order valence-corrected chi connectivity index (χ4v) is 4.95. The third-order valence-electron chi connectivity index (χ3n) is 7.06. The van der Waals surface area contributed by atoms with Crippen LogP contribution in [0.1, 0.15) is 64.2 Å². The Kier molecular flexibility index (Phi) is 8.37. The van der Waals surface area contributed by atoms with Crippen molar-refractivity contribution in [3.05, 3.63) is 24.0 Å². The van der Waals surface area contributed by atoms with Gasteiger partial charge in [0.2, 0.25) is 17.8 Å². The molecular weight excluding hydrogens is 435 g/mol. The first-order chi connectivity index (χ1) is 16.6. The van der Waals surface area contributed by atoms with E-state index < -0.39 is 5.82 Å². The van der Waals surface area contributed by atoms with Gasteiger partial charge in [-0.15, -0.1) is 0 Å². The molecule has 2 aliphatic rings. The number of benzene rings is 1. The van der Waals surface area contributed by atoms with Gasteiger partial charge in [0.15, 0.2) is 11.6 Å². The van der Waals surface area contributed by atoms with E-state index in [4.69, 9.17) is 19.4 Å². The number of ether oxygens (including phenoxy) is 2. The highest BCUT2D eigenvalue weighted by Crippen LogP contribution is 2.29.